The molecule has 0 bridgehead atoms. The molecule has 0 atom stereocenters. The van der Waals surface area contributed by atoms with Gasteiger partial charge in [-0.05, 0) is 13.8 Å². The number of hydrogen-bond acceptors (Lipinski definition) is 4. The number of aromatic amines is 1. The van der Waals surface area contributed by atoms with Gasteiger partial charge in [0.1, 0.15) is 12.2 Å². The number of esters is 1. The Morgan fingerprint density at radius 1 is 1.50 bits per heavy atom. The molecule has 0 saturated heterocycles. The summed E-state index contributed by atoms with van der Waals surface area (Å²) < 4.78 is 4.67. The zero-order chi connectivity index (χ0) is 10.6. The molecular formula is C8H12N2O4. The van der Waals surface area contributed by atoms with Gasteiger partial charge < -0.3 is 9.57 Å². The largest absolute Gasteiger partial charge is 0.462 e. The van der Waals surface area contributed by atoms with Gasteiger partial charge in [0.25, 0.3) is 5.56 Å². The van der Waals surface area contributed by atoms with Gasteiger partial charge in [-0.2, -0.15) is 0 Å². The second-order valence-electron chi connectivity index (χ2n) is 2.45. The van der Waals surface area contributed by atoms with Crippen molar-refractivity contribution in [1.29, 1.82) is 0 Å². The van der Waals surface area contributed by atoms with E-state index in [-0.39, 0.29) is 12.2 Å². The zero-order valence-corrected chi connectivity index (χ0v) is 8.07. The van der Waals surface area contributed by atoms with Crippen molar-refractivity contribution in [2.75, 3.05) is 13.2 Å². The Morgan fingerprint density at radius 2 is 2.21 bits per heavy atom. The summed E-state index contributed by atoms with van der Waals surface area (Å²) in [5.74, 6) is -0.646. The molecule has 0 aromatic carbocycles. The molecule has 0 amide bonds. The normalized spacial score (nSPS) is 9.86. The molecule has 0 fully saturated rings. The molecule has 1 aromatic rings. The Hall–Kier alpha value is -1.72. The highest BCUT2D eigenvalue weighted by atomic mass is 16.7. The van der Waals surface area contributed by atoms with Gasteiger partial charge in [0, 0.05) is 0 Å². The van der Waals surface area contributed by atoms with Crippen LogP contribution in [-0.2, 0) is 4.74 Å². The number of nitrogens with one attached hydrogen (secondary N) is 1. The number of aromatic nitrogens is 2. The zero-order valence-electron chi connectivity index (χ0n) is 8.07. The molecule has 14 heavy (non-hydrogen) atoms. The SMILES string of the molecule is CCOC(=O)c1cn(OCC)[nH]c1=O. The van der Waals surface area contributed by atoms with Gasteiger partial charge >= 0.3 is 5.97 Å². The third-order valence-electron chi connectivity index (χ3n) is 1.47. The number of carbonyl (C=O) groups is 1. The van der Waals surface area contributed by atoms with Crippen LogP contribution in [0.1, 0.15) is 24.2 Å². The third-order valence-corrected chi connectivity index (χ3v) is 1.47. The van der Waals surface area contributed by atoms with Gasteiger partial charge in [-0.1, -0.05) is 0 Å². The van der Waals surface area contributed by atoms with E-state index >= 15 is 0 Å². The van der Waals surface area contributed by atoms with Gasteiger partial charge in [-0.3, -0.25) is 4.79 Å². The molecule has 0 aliphatic rings. The Kier molecular flexibility index (Phi) is 3.33. The van der Waals surface area contributed by atoms with Crippen LogP contribution in [0.25, 0.3) is 0 Å². The second kappa shape index (κ2) is 4.50. The molecule has 0 spiro atoms. The Labute approximate surface area is 80.4 Å². The van der Waals surface area contributed by atoms with Crippen LogP contribution in [0.15, 0.2) is 11.0 Å². The number of rotatable bonds is 4. The molecule has 78 valence electrons. The monoisotopic (exact) mass is 200 g/mol. The minimum atomic E-state index is -0.646. The highest BCUT2D eigenvalue weighted by molar-refractivity contribution is 5.88. The van der Waals surface area contributed by atoms with Crippen LogP contribution >= 0.6 is 0 Å². The molecule has 0 aliphatic heterocycles. The predicted molar refractivity (Wildman–Crippen MR) is 48.1 cm³/mol. The maximum Gasteiger partial charge on any atom is 0.345 e. The average Bonchev–Trinajstić information content (AvgIpc) is 2.48. The summed E-state index contributed by atoms with van der Waals surface area (Å²) in [4.78, 5) is 28.4. The molecule has 1 rings (SSSR count). The van der Waals surface area contributed by atoms with Crippen molar-refractivity contribution < 1.29 is 14.4 Å². The topological polar surface area (TPSA) is 73.3 Å². The van der Waals surface area contributed by atoms with Crippen molar-refractivity contribution in [3.05, 3.63) is 22.1 Å². The van der Waals surface area contributed by atoms with Gasteiger partial charge in [0.15, 0.2) is 0 Å². The summed E-state index contributed by atoms with van der Waals surface area (Å²) in [7, 11) is 0. The van der Waals surface area contributed by atoms with Crippen molar-refractivity contribution in [2.24, 2.45) is 0 Å². The predicted octanol–water partition coefficient (Wildman–Crippen LogP) is -0.198. The summed E-state index contributed by atoms with van der Waals surface area (Å²) >= 11 is 0. The summed E-state index contributed by atoms with van der Waals surface area (Å²) in [5.41, 5.74) is -0.572. The fourth-order valence-corrected chi connectivity index (χ4v) is 0.931. The lowest BCUT2D eigenvalue weighted by atomic mass is 10.4. The van der Waals surface area contributed by atoms with Crippen LogP contribution in [0.2, 0.25) is 0 Å². The Bertz CT molecular complexity index is 366. The summed E-state index contributed by atoms with van der Waals surface area (Å²) in [6.07, 6.45) is 1.27. The molecule has 6 nitrogen and oxygen atoms in total. The number of H-pyrrole nitrogens is 1. The van der Waals surface area contributed by atoms with Crippen molar-refractivity contribution in [1.82, 2.24) is 9.94 Å². The van der Waals surface area contributed by atoms with Gasteiger partial charge in [0.05, 0.1) is 12.8 Å². The first-order valence-electron chi connectivity index (χ1n) is 4.31. The van der Waals surface area contributed by atoms with E-state index < -0.39 is 11.5 Å². The van der Waals surface area contributed by atoms with Gasteiger partial charge in [0.2, 0.25) is 0 Å². The van der Waals surface area contributed by atoms with E-state index in [2.05, 4.69) is 9.84 Å². The fourth-order valence-electron chi connectivity index (χ4n) is 0.931. The lowest BCUT2D eigenvalue weighted by Crippen LogP contribution is -2.16. The maximum atomic E-state index is 11.2. The Morgan fingerprint density at radius 3 is 2.79 bits per heavy atom. The molecule has 1 aromatic heterocycles. The first-order valence-corrected chi connectivity index (χ1v) is 4.31. The standard InChI is InChI=1S/C8H12N2O4/c1-3-13-8(12)6-5-10(14-4-2)9-7(6)11/h5H,3-4H2,1-2H3,(H,9,11). The molecule has 1 heterocycles. The van der Waals surface area contributed by atoms with Crippen LogP contribution in [0, 0.1) is 0 Å². The molecule has 0 aliphatic carbocycles. The molecular weight excluding hydrogens is 188 g/mol. The van der Waals surface area contributed by atoms with Crippen molar-refractivity contribution >= 4 is 5.97 Å². The minimum absolute atomic E-state index is 0.0553. The van der Waals surface area contributed by atoms with Crippen LogP contribution in [0.3, 0.4) is 0 Å². The molecule has 6 heteroatoms. The number of ether oxygens (including phenoxy) is 1. The number of hydrogen-bond donors (Lipinski definition) is 1. The molecule has 1 N–H and O–H groups in total. The summed E-state index contributed by atoms with van der Waals surface area (Å²) in [5, 5.41) is 2.32. The van der Waals surface area contributed by atoms with Crippen LogP contribution in [0.5, 0.6) is 0 Å². The van der Waals surface area contributed by atoms with Crippen molar-refractivity contribution in [2.45, 2.75) is 13.8 Å². The first-order chi connectivity index (χ1) is 6.69. The minimum Gasteiger partial charge on any atom is -0.462 e. The van der Waals surface area contributed by atoms with E-state index in [1.54, 1.807) is 13.8 Å². The van der Waals surface area contributed by atoms with Crippen LogP contribution in [-0.4, -0.2) is 29.1 Å². The third kappa shape index (κ3) is 2.15. The number of nitrogens with zero attached hydrogens (tertiary/aromatic N) is 1. The quantitative estimate of drug-likeness (QED) is 0.683. The highest BCUT2D eigenvalue weighted by Crippen LogP contribution is 1.93. The average molecular weight is 200 g/mol. The molecule has 0 saturated carbocycles. The highest BCUT2D eigenvalue weighted by Gasteiger charge is 2.14. The molecule has 0 radical (unpaired) electrons. The lowest BCUT2D eigenvalue weighted by Gasteiger charge is -1.99. The van der Waals surface area contributed by atoms with Gasteiger partial charge in [-0.15, -0.1) is 4.85 Å². The van der Waals surface area contributed by atoms with E-state index in [1.807, 2.05) is 0 Å². The van der Waals surface area contributed by atoms with E-state index in [0.717, 1.165) is 4.85 Å². The smallest absolute Gasteiger partial charge is 0.345 e. The van der Waals surface area contributed by atoms with Crippen molar-refractivity contribution in [3.63, 3.8) is 0 Å². The molecule has 0 unspecified atom stereocenters. The fraction of sp³-hybridized carbons (Fsp3) is 0.500. The first kappa shape index (κ1) is 10.4. The van der Waals surface area contributed by atoms with E-state index in [1.165, 1.54) is 6.20 Å². The van der Waals surface area contributed by atoms with E-state index in [4.69, 9.17) is 4.84 Å². The Balaban J connectivity index is 2.87. The summed E-state index contributed by atoms with van der Waals surface area (Å²) in [6.45, 7) is 4.07. The van der Waals surface area contributed by atoms with E-state index in [9.17, 15) is 9.59 Å². The second-order valence-corrected chi connectivity index (χ2v) is 2.45. The van der Waals surface area contributed by atoms with Crippen LogP contribution < -0.4 is 10.4 Å². The maximum absolute atomic E-state index is 11.2. The summed E-state index contributed by atoms with van der Waals surface area (Å²) in [6, 6.07) is 0. The lowest BCUT2D eigenvalue weighted by molar-refractivity contribution is 0.0521. The van der Waals surface area contributed by atoms with Crippen molar-refractivity contribution in [3.8, 4) is 0 Å². The number of carbonyl (C=O) groups excluding carboxylic acids is 1. The van der Waals surface area contributed by atoms with Crippen LogP contribution in [0.4, 0.5) is 0 Å². The van der Waals surface area contributed by atoms with Gasteiger partial charge in [-0.25, -0.2) is 9.89 Å². The van der Waals surface area contributed by atoms with E-state index in [0.29, 0.717) is 6.61 Å².